The molecule has 2 aromatic carbocycles. The zero-order valence-electron chi connectivity index (χ0n) is 10.1. The molecule has 0 aliphatic heterocycles. The Bertz CT molecular complexity index is 689. The third kappa shape index (κ3) is 3.66. The van der Waals surface area contributed by atoms with Crippen LogP contribution in [0.5, 0.6) is 0 Å². The van der Waals surface area contributed by atoms with Gasteiger partial charge in [0.1, 0.15) is 5.82 Å². The molecule has 20 heavy (non-hydrogen) atoms. The van der Waals surface area contributed by atoms with Crippen LogP contribution in [0.15, 0.2) is 47.4 Å². The van der Waals surface area contributed by atoms with Crippen molar-refractivity contribution in [3.05, 3.63) is 63.9 Å². The third-order valence-corrected chi connectivity index (χ3v) is 4.58. The Morgan fingerprint density at radius 3 is 2.60 bits per heavy atom. The van der Waals surface area contributed by atoms with Crippen LogP contribution < -0.4 is 0 Å². The van der Waals surface area contributed by atoms with Crippen molar-refractivity contribution in [2.24, 2.45) is 0 Å². The van der Waals surface area contributed by atoms with Gasteiger partial charge >= 0.3 is 0 Å². The van der Waals surface area contributed by atoms with E-state index in [1.807, 2.05) is 0 Å². The Morgan fingerprint density at radius 2 is 1.90 bits per heavy atom. The number of hydrogen-bond acceptors (Lipinski definition) is 2. The van der Waals surface area contributed by atoms with Crippen LogP contribution in [0.1, 0.15) is 10.4 Å². The van der Waals surface area contributed by atoms with E-state index in [-0.39, 0.29) is 16.3 Å². The van der Waals surface area contributed by atoms with Gasteiger partial charge in [0.2, 0.25) is 0 Å². The summed E-state index contributed by atoms with van der Waals surface area (Å²) in [6, 6.07) is 9.79. The molecule has 0 radical (unpaired) electrons. The maximum atomic E-state index is 13.0. The van der Waals surface area contributed by atoms with Gasteiger partial charge in [-0.2, -0.15) is 0 Å². The van der Waals surface area contributed by atoms with E-state index in [1.54, 1.807) is 6.07 Å². The van der Waals surface area contributed by atoms with Gasteiger partial charge < -0.3 is 0 Å². The minimum atomic E-state index is -1.63. The van der Waals surface area contributed by atoms with Crippen LogP contribution in [0.4, 0.5) is 4.39 Å². The molecule has 0 amide bonds. The summed E-state index contributed by atoms with van der Waals surface area (Å²) in [5.74, 6) is -1.20. The second-order valence-corrected chi connectivity index (χ2v) is 6.26. The molecule has 0 spiro atoms. The molecule has 2 rings (SSSR count). The predicted molar refractivity (Wildman–Crippen MR) is 78.5 cm³/mol. The highest BCUT2D eigenvalue weighted by Crippen LogP contribution is 2.24. The predicted octanol–water partition coefficient (Wildman–Crippen LogP) is 4.12. The van der Waals surface area contributed by atoms with E-state index < -0.39 is 22.4 Å². The molecule has 0 aromatic heterocycles. The summed E-state index contributed by atoms with van der Waals surface area (Å²) in [5, 5.41) is 0.663. The highest BCUT2D eigenvalue weighted by Gasteiger charge is 2.15. The average Bonchev–Trinajstić information content (AvgIpc) is 2.41. The monoisotopic (exact) mass is 330 g/mol. The summed E-state index contributed by atoms with van der Waals surface area (Å²) in [6.45, 7) is 0. The second-order valence-electron chi connectivity index (χ2n) is 4.00. The molecule has 104 valence electrons. The highest BCUT2D eigenvalue weighted by molar-refractivity contribution is 7.86. The van der Waals surface area contributed by atoms with Gasteiger partial charge in [0.15, 0.2) is 5.78 Å². The number of halogens is 3. The zero-order chi connectivity index (χ0) is 14.7. The summed E-state index contributed by atoms with van der Waals surface area (Å²) in [7, 11) is -1.63. The minimum Gasteiger partial charge on any atom is -0.293 e. The van der Waals surface area contributed by atoms with E-state index in [0.29, 0.717) is 9.92 Å². The molecule has 0 fully saturated rings. The average molecular weight is 331 g/mol. The number of rotatable bonds is 4. The van der Waals surface area contributed by atoms with Crippen LogP contribution in [-0.2, 0) is 10.8 Å². The molecule has 0 saturated carbocycles. The van der Waals surface area contributed by atoms with Crippen LogP contribution in [0.2, 0.25) is 10.0 Å². The number of carbonyl (C=O) groups excluding carboxylic acids is 1. The zero-order valence-corrected chi connectivity index (χ0v) is 12.4. The molecule has 0 heterocycles. The molecule has 0 N–H and O–H groups in total. The Morgan fingerprint density at radius 1 is 1.15 bits per heavy atom. The van der Waals surface area contributed by atoms with Gasteiger partial charge in [-0.3, -0.25) is 9.00 Å². The van der Waals surface area contributed by atoms with Crippen molar-refractivity contribution in [3.8, 4) is 0 Å². The fourth-order valence-corrected chi connectivity index (χ4v) is 3.31. The Kier molecular flexibility index (Phi) is 4.91. The van der Waals surface area contributed by atoms with Crippen molar-refractivity contribution >= 4 is 39.8 Å². The Hall–Kier alpha value is -1.23. The number of benzene rings is 2. The van der Waals surface area contributed by atoms with Gasteiger partial charge in [0.25, 0.3) is 0 Å². The maximum Gasteiger partial charge on any atom is 0.175 e. The Labute approximate surface area is 128 Å². The summed E-state index contributed by atoms with van der Waals surface area (Å²) in [6.07, 6.45) is 0. The molecular weight excluding hydrogens is 322 g/mol. The lowest BCUT2D eigenvalue weighted by atomic mass is 10.1. The van der Waals surface area contributed by atoms with Crippen molar-refractivity contribution < 1.29 is 13.4 Å². The number of carbonyl (C=O) groups is 1. The SMILES string of the molecule is O=C(CS(=O)c1cc(Cl)ccc1Cl)c1cccc(F)c1. The largest absolute Gasteiger partial charge is 0.293 e. The van der Waals surface area contributed by atoms with Crippen LogP contribution in [0.25, 0.3) is 0 Å². The molecular formula is C14H9Cl2FO2S. The number of ketones is 1. The number of hydrogen-bond donors (Lipinski definition) is 0. The van der Waals surface area contributed by atoms with Gasteiger partial charge in [0.05, 0.1) is 26.5 Å². The molecule has 0 bridgehead atoms. The molecule has 6 heteroatoms. The van der Waals surface area contributed by atoms with Crippen LogP contribution in [-0.4, -0.2) is 15.7 Å². The van der Waals surface area contributed by atoms with E-state index >= 15 is 0 Å². The second kappa shape index (κ2) is 6.48. The van der Waals surface area contributed by atoms with Crippen molar-refractivity contribution in [3.63, 3.8) is 0 Å². The van der Waals surface area contributed by atoms with E-state index in [4.69, 9.17) is 23.2 Å². The fraction of sp³-hybridized carbons (Fsp3) is 0.0714. The first-order chi connectivity index (χ1) is 9.47. The van der Waals surface area contributed by atoms with Crippen LogP contribution >= 0.6 is 23.2 Å². The van der Waals surface area contributed by atoms with Gasteiger partial charge in [0, 0.05) is 10.6 Å². The van der Waals surface area contributed by atoms with Gasteiger partial charge in [-0.15, -0.1) is 0 Å². The molecule has 2 aromatic rings. The smallest absolute Gasteiger partial charge is 0.175 e. The van der Waals surface area contributed by atoms with Crippen LogP contribution in [0, 0.1) is 5.82 Å². The maximum absolute atomic E-state index is 13.0. The van der Waals surface area contributed by atoms with E-state index in [0.717, 1.165) is 6.07 Å². The summed E-state index contributed by atoms with van der Waals surface area (Å²) in [5.41, 5.74) is 0.177. The quantitative estimate of drug-likeness (QED) is 0.790. The minimum absolute atomic E-state index is 0.177. The van der Waals surface area contributed by atoms with Gasteiger partial charge in [-0.1, -0.05) is 35.3 Å². The first kappa shape index (κ1) is 15.2. The molecule has 1 unspecified atom stereocenters. The van der Waals surface area contributed by atoms with Gasteiger partial charge in [-0.05, 0) is 30.3 Å². The molecule has 2 nitrogen and oxygen atoms in total. The van der Waals surface area contributed by atoms with E-state index in [2.05, 4.69) is 0 Å². The lowest BCUT2D eigenvalue weighted by Gasteiger charge is -2.05. The fourth-order valence-electron chi connectivity index (χ4n) is 1.59. The summed E-state index contributed by atoms with van der Waals surface area (Å²) in [4.78, 5) is 12.2. The molecule has 1 atom stereocenters. The summed E-state index contributed by atoms with van der Waals surface area (Å²) >= 11 is 11.7. The molecule has 0 saturated heterocycles. The Balaban J connectivity index is 2.19. The lowest BCUT2D eigenvalue weighted by Crippen LogP contribution is -2.11. The standard InChI is InChI=1S/C14H9Cl2FO2S/c15-10-4-5-12(16)14(7-10)20(19)8-13(18)9-2-1-3-11(17)6-9/h1-7H,8H2. The highest BCUT2D eigenvalue weighted by atomic mass is 35.5. The van der Waals surface area contributed by atoms with Crippen molar-refractivity contribution in [1.29, 1.82) is 0 Å². The van der Waals surface area contributed by atoms with E-state index in [1.165, 1.54) is 30.3 Å². The van der Waals surface area contributed by atoms with Crippen molar-refractivity contribution in [2.45, 2.75) is 4.90 Å². The first-order valence-electron chi connectivity index (χ1n) is 5.59. The normalized spacial score (nSPS) is 12.2. The molecule has 0 aliphatic rings. The van der Waals surface area contributed by atoms with Crippen molar-refractivity contribution in [2.75, 3.05) is 5.75 Å². The first-order valence-corrected chi connectivity index (χ1v) is 7.67. The van der Waals surface area contributed by atoms with Crippen LogP contribution in [0.3, 0.4) is 0 Å². The molecule has 0 aliphatic carbocycles. The lowest BCUT2D eigenvalue weighted by molar-refractivity contribution is 0.102. The van der Waals surface area contributed by atoms with E-state index in [9.17, 15) is 13.4 Å². The van der Waals surface area contributed by atoms with Gasteiger partial charge in [-0.25, -0.2) is 4.39 Å². The summed E-state index contributed by atoms with van der Waals surface area (Å²) < 4.78 is 25.2. The van der Waals surface area contributed by atoms with Crippen molar-refractivity contribution in [1.82, 2.24) is 0 Å². The third-order valence-electron chi connectivity index (χ3n) is 2.55. The topological polar surface area (TPSA) is 34.1 Å². The number of Topliss-reactive ketones (excluding diaryl/α,β-unsaturated/α-hetero) is 1.